The quantitative estimate of drug-likeness (QED) is 0.214. The molecule has 0 radical (unpaired) electrons. The summed E-state index contributed by atoms with van der Waals surface area (Å²) in [5.41, 5.74) is 2.51. The molecule has 0 atom stereocenters. The van der Waals surface area contributed by atoms with Crippen molar-refractivity contribution in [2.75, 3.05) is 33.0 Å². The van der Waals surface area contributed by atoms with Crippen molar-refractivity contribution in [1.82, 2.24) is 0 Å². The van der Waals surface area contributed by atoms with Crippen LogP contribution in [-0.2, 0) is 9.47 Å². The van der Waals surface area contributed by atoms with Crippen LogP contribution < -0.4 is 9.47 Å². The first-order valence-electron chi connectivity index (χ1n) is 11.9. The molecule has 2 rings (SSSR count). The molecule has 5 heteroatoms. The molecule has 0 aliphatic carbocycles. The summed E-state index contributed by atoms with van der Waals surface area (Å²) in [5, 5.41) is 0. The number of carbonyl (C=O) groups excluding carboxylic acids is 1. The van der Waals surface area contributed by atoms with Gasteiger partial charge in [0.05, 0.1) is 25.4 Å². The minimum absolute atomic E-state index is 0.264. The Morgan fingerprint density at radius 1 is 0.656 bits per heavy atom. The maximum Gasteiger partial charge on any atom is 0.338 e. The predicted octanol–water partition coefficient (Wildman–Crippen LogP) is 6.68. The minimum Gasteiger partial charge on any atom is -0.493 e. The topological polar surface area (TPSA) is 54.0 Å². The third-order valence-corrected chi connectivity index (χ3v) is 4.97. The number of hydrogen-bond donors (Lipinski definition) is 0. The lowest BCUT2D eigenvalue weighted by Gasteiger charge is -2.13. The molecule has 0 aliphatic rings. The number of carbonyl (C=O) groups is 1. The van der Waals surface area contributed by atoms with Gasteiger partial charge >= 0.3 is 5.97 Å². The first-order chi connectivity index (χ1) is 15.7. The van der Waals surface area contributed by atoms with Gasteiger partial charge in [0.15, 0.2) is 0 Å². The first-order valence-corrected chi connectivity index (χ1v) is 11.9. The summed E-state index contributed by atoms with van der Waals surface area (Å²) in [4.78, 5) is 12.3. The zero-order chi connectivity index (χ0) is 23.0. The van der Waals surface area contributed by atoms with Crippen molar-refractivity contribution in [3.8, 4) is 22.6 Å². The number of rotatable bonds is 16. The van der Waals surface area contributed by atoms with Gasteiger partial charge < -0.3 is 18.9 Å². The molecule has 0 unspecified atom stereocenters. The van der Waals surface area contributed by atoms with E-state index in [1.54, 1.807) is 12.1 Å². The van der Waals surface area contributed by atoms with Gasteiger partial charge in [-0.15, -0.1) is 0 Å². The molecule has 2 aromatic rings. The van der Waals surface area contributed by atoms with E-state index >= 15 is 0 Å². The number of esters is 1. The third kappa shape index (κ3) is 9.31. The number of unbranched alkanes of at least 4 members (excludes halogenated alkanes) is 3. The first kappa shape index (κ1) is 25.7. The van der Waals surface area contributed by atoms with Crippen molar-refractivity contribution >= 4 is 5.97 Å². The van der Waals surface area contributed by atoms with Crippen LogP contribution in [0.3, 0.4) is 0 Å². The second-order valence-corrected chi connectivity index (χ2v) is 7.78. The average Bonchev–Trinajstić information content (AvgIpc) is 2.81. The Labute approximate surface area is 193 Å². The summed E-state index contributed by atoms with van der Waals surface area (Å²) < 4.78 is 22.6. The molecule has 0 aromatic heterocycles. The molecule has 2 aromatic carbocycles. The second-order valence-electron chi connectivity index (χ2n) is 7.78. The molecule has 0 bridgehead atoms. The van der Waals surface area contributed by atoms with Gasteiger partial charge in [0.2, 0.25) is 0 Å². The van der Waals surface area contributed by atoms with Gasteiger partial charge in [0, 0.05) is 12.7 Å². The lowest BCUT2D eigenvalue weighted by atomic mass is 10.0. The van der Waals surface area contributed by atoms with Crippen LogP contribution in [0.25, 0.3) is 11.1 Å². The van der Waals surface area contributed by atoms with Crippen LogP contribution >= 0.6 is 0 Å². The number of benzene rings is 2. The highest BCUT2D eigenvalue weighted by atomic mass is 16.6. The van der Waals surface area contributed by atoms with Crippen molar-refractivity contribution < 1.29 is 23.7 Å². The van der Waals surface area contributed by atoms with E-state index < -0.39 is 0 Å². The van der Waals surface area contributed by atoms with Gasteiger partial charge in [0.25, 0.3) is 0 Å². The molecule has 0 saturated heterocycles. The van der Waals surface area contributed by atoms with E-state index in [-0.39, 0.29) is 12.6 Å². The molecule has 0 fully saturated rings. The molecule has 0 heterocycles. The maximum absolute atomic E-state index is 12.3. The van der Waals surface area contributed by atoms with Gasteiger partial charge in [-0.1, -0.05) is 52.2 Å². The summed E-state index contributed by atoms with van der Waals surface area (Å²) >= 11 is 0. The van der Waals surface area contributed by atoms with Gasteiger partial charge in [-0.3, -0.25) is 0 Å². The smallest absolute Gasteiger partial charge is 0.338 e. The molecule has 0 amide bonds. The van der Waals surface area contributed by atoms with E-state index in [1.165, 1.54) is 0 Å². The predicted molar refractivity (Wildman–Crippen MR) is 129 cm³/mol. The second kappa shape index (κ2) is 15.3. The van der Waals surface area contributed by atoms with E-state index in [0.717, 1.165) is 61.2 Å². The molecule has 0 aliphatic heterocycles. The van der Waals surface area contributed by atoms with Crippen molar-refractivity contribution in [3.05, 3.63) is 48.0 Å². The fourth-order valence-corrected chi connectivity index (χ4v) is 3.00. The Kier molecular flexibility index (Phi) is 12.3. The van der Waals surface area contributed by atoms with Crippen LogP contribution in [0.1, 0.15) is 69.7 Å². The van der Waals surface area contributed by atoms with Gasteiger partial charge in [-0.05, 0) is 54.7 Å². The highest BCUT2D eigenvalue weighted by Gasteiger charge is 2.10. The zero-order valence-corrected chi connectivity index (χ0v) is 19.9. The van der Waals surface area contributed by atoms with Gasteiger partial charge in [-0.25, -0.2) is 4.79 Å². The SMILES string of the molecule is CCCCOCCOC(=O)c1ccc(-c2cc(OCCCC)cc(OCCCC)c2)cc1. The van der Waals surface area contributed by atoms with Crippen LogP contribution in [-0.4, -0.2) is 39.0 Å². The lowest BCUT2D eigenvalue weighted by Crippen LogP contribution is -2.11. The molecule has 176 valence electrons. The van der Waals surface area contributed by atoms with Crippen molar-refractivity contribution in [1.29, 1.82) is 0 Å². The zero-order valence-electron chi connectivity index (χ0n) is 19.9. The Morgan fingerprint density at radius 3 is 1.78 bits per heavy atom. The molecule has 0 saturated carbocycles. The Balaban J connectivity index is 2.03. The Hall–Kier alpha value is -2.53. The molecule has 5 nitrogen and oxygen atoms in total. The molecular weight excluding hydrogens is 404 g/mol. The van der Waals surface area contributed by atoms with Gasteiger partial charge in [0.1, 0.15) is 18.1 Å². The summed E-state index contributed by atoms with van der Waals surface area (Å²) in [6.45, 7) is 9.16. The largest absolute Gasteiger partial charge is 0.493 e. The van der Waals surface area contributed by atoms with E-state index in [4.69, 9.17) is 18.9 Å². The lowest BCUT2D eigenvalue weighted by molar-refractivity contribution is 0.0314. The van der Waals surface area contributed by atoms with Crippen molar-refractivity contribution in [2.24, 2.45) is 0 Å². The van der Waals surface area contributed by atoms with Crippen LogP contribution in [0.5, 0.6) is 11.5 Å². The molecule has 32 heavy (non-hydrogen) atoms. The maximum atomic E-state index is 12.3. The summed E-state index contributed by atoms with van der Waals surface area (Å²) in [6.07, 6.45) is 6.30. The van der Waals surface area contributed by atoms with Gasteiger partial charge in [-0.2, -0.15) is 0 Å². The Bertz CT molecular complexity index is 757. The standard InChI is InChI=1S/C27H38O5/c1-4-7-14-29-17-18-32-27(28)23-12-10-22(11-13-23)24-19-25(30-15-8-5-2)21-26(20-24)31-16-9-6-3/h10-13,19-21H,4-9,14-18H2,1-3H3. The van der Waals surface area contributed by atoms with Crippen LogP contribution in [0.2, 0.25) is 0 Å². The highest BCUT2D eigenvalue weighted by Crippen LogP contribution is 2.30. The van der Waals surface area contributed by atoms with Crippen molar-refractivity contribution in [2.45, 2.75) is 59.3 Å². The number of hydrogen-bond acceptors (Lipinski definition) is 5. The monoisotopic (exact) mass is 442 g/mol. The third-order valence-electron chi connectivity index (χ3n) is 4.97. The molecular formula is C27H38O5. The summed E-state index contributed by atoms with van der Waals surface area (Å²) in [6, 6.07) is 13.4. The molecule has 0 spiro atoms. The highest BCUT2D eigenvalue weighted by molar-refractivity contribution is 5.90. The Morgan fingerprint density at radius 2 is 1.22 bits per heavy atom. The normalized spacial score (nSPS) is 10.7. The van der Waals surface area contributed by atoms with E-state index in [9.17, 15) is 4.79 Å². The fourth-order valence-electron chi connectivity index (χ4n) is 3.00. The summed E-state index contributed by atoms with van der Waals surface area (Å²) in [7, 11) is 0. The molecule has 0 N–H and O–H groups in total. The van der Waals surface area contributed by atoms with E-state index in [0.29, 0.717) is 32.0 Å². The average molecular weight is 443 g/mol. The van der Waals surface area contributed by atoms with Crippen LogP contribution in [0.15, 0.2) is 42.5 Å². The van der Waals surface area contributed by atoms with Crippen LogP contribution in [0, 0.1) is 0 Å². The summed E-state index contributed by atoms with van der Waals surface area (Å²) in [5.74, 6) is 1.26. The minimum atomic E-state index is -0.337. The van der Waals surface area contributed by atoms with E-state index in [2.05, 4.69) is 20.8 Å². The fraction of sp³-hybridized carbons (Fsp3) is 0.519. The number of ether oxygens (including phenoxy) is 4. The van der Waals surface area contributed by atoms with Crippen molar-refractivity contribution in [3.63, 3.8) is 0 Å². The van der Waals surface area contributed by atoms with E-state index in [1.807, 2.05) is 30.3 Å². The van der Waals surface area contributed by atoms with Crippen LogP contribution in [0.4, 0.5) is 0 Å².